The predicted octanol–water partition coefficient (Wildman–Crippen LogP) is 0.688. The second kappa shape index (κ2) is 7.99. The summed E-state index contributed by atoms with van der Waals surface area (Å²) in [5.41, 5.74) is 7.68. The molecule has 120 valence electrons. The van der Waals surface area contributed by atoms with Gasteiger partial charge in [-0.2, -0.15) is 5.10 Å². The number of nitrogens with zero attached hydrogens (tertiary/aromatic N) is 3. The Morgan fingerprint density at radius 1 is 1.43 bits per heavy atom. The van der Waals surface area contributed by atoms with Crippen LogP contribution in [0.1, 0.15) is 30.0 Å². The van der Waals surface area contributed by atoms with Gasteiger partial charge in [0.1, 0.15) is 5.69 Å². The second-order valence-corrected chi connectivity index (χ2v) is 4.98. The minimum Gasteiger partial charge on any atom is -0.395 e. The van der Waals surface area contributed by atoms with E-state index < -0.39 is 0 Å². The SMILES string of the molecule is CCc1nn(C)c(C(=O)N(CCOC)C(C)COC)c1N. The number of nitrogens with two attached hydrogens (primary N) is 1. The Morgan fingerprint density at radius 2 is 2.10 bits per heavy atom. The first-order valence-corrected chi connectivity index (χ1v) is 7.08. The monoisotopic (exact) mass is 298 g/mol. The van der Waals surface area contributed by atoms with Crippen LogP contribution in [0.4, 0.5) is 5.69 Å². The van der Waals surface area contributed by atoms with Gasteiger partial charge in [0.05, 0.1) is 30.6 Å². The number of rotatable bonds is 8. The van der Waals surface area contributed by atoms with Crippen LogP contribution in [0, 0.1) is 0 Å². The molecule has 0 saturated heterocycles. The number of aromatic nitrogens is 2. The fourth-order valence-corrected chi connectivity index (χ4v) is 2.29. The van der Waals surface area contributed by atoms with Gasteiger partial charge in [0.15, 0.2) is 0 Å². The molecule has 7 heteroatoms. The zero-order valence-electron chi connectivity index (χ0n) is 13.5. The maximum atomic E-state index is 12.8. The van der Waals surface area contributed by atoms with E-state index in [0.29, 0.717) is 37.6 Å². The zero-order chi connectivity index (χ0) is 16.0. The van der Waals surface area contributed by atoms with Gasteiger partial charge in [-0.25, -0.2) is 0 Å². The molecule has 0 radical (unpaired) electrons. The standard InChI is InChI=1S/C14H26N4O3/c1-6-11-12(15)13(17(3)16-11)14(19)18(7-8-20-4)10(2)9-21-5/h10H,6-9,15H2,1-5H3. The summed E-state index contributed by atoms with van der Waals surface area (Å²) in [5.74, 6) is -0.149. The third-order valence-electron chi connectivity index (χ3n) is 3.43. The van der Waals surface area contributed by atoms with Crippen LogP contribution in [0.25, 0.3) is 0 Å². The normalized spacial score (nSPS) is 12.4. The topological polar surface area (TPSA) is 82.6 Å². The van der Waals surface area contributed by atoms with E-state index in [0.717, 1.165) is 5.69 Å². The summed E-state index contributed by atoms with van der Waals surface area (Å²) >= 11 is 0. The van der Waals surface area contributed by atoms with Crippen molar-refractivity contribution < 1.29 is 14.3 Å². The zero-order valence-corrected chi connectivity index (χ0v) is 13.5. The highest BCUT2D eigenvalue weighted by molar-refractivity contribution is 5.98. The molecule has 1 aromatic rings. The van der Waals surface area contributed by atoms with Crippen molar-refractivity contribution in [3.63, 3.8) is 0 Å². The van der Waals surface area contributed by atoms with Crippen LogP contribution in [0.2, 0.25) is 0 Å². The number of methoxy groups -OCH3 is 2. The Labute approximate surface area is 126 Å². The number of ether oxygens (including phenoxy) is 2. The van der Waals surface area contributed by atoms with E-state index in [1.165, 1.54) is 0 Å². The predicted molar refractivity (Wildman–Crippen MR) is 81.2 cm³/mol. The third-order valence-corrected chi connectivity index (χ3v) is 3.43. The minimum atomic E-state index is -0.149. The van der Waals surface area contributed by atoms with Crippen molar-refractivity contribution in [2.24, 2.45) is 7.05 Å². The summed E-state index contributed by atoms with van der Waals surface area (Å²) < 4.78 is 11.8. The van der Waals surface area contributed by atoms with Crippen molar-refractivity contribution in [1.82, 2.24) is 14.7 Å². The van der Waals surface area contributed by atoms with Crippen LogP contribution < -0.4 is 5.73 Å². The van der Waals surface area contributed by atoms with Gasteiger partial charge in [-0.1, -0.05) is 6.92 Å². The van der Waals surface area contributed by atoms with Crippen molar-refractivity contribution in [3.8, 4) is 0 Å². The molecule has 0 aliphatic carbocycles. The molecule has 1 aromatic heterocycles. The molecule has 2 N–H and O–H groups in total. The van der Waals surface area contributed by atoms with E-state index in [4.69, 9.17) is 15.2 Å². The van der Waals surface area contributed by atoms with Gasteiger partial charge in [-0.15, -0.1) is 0 Å². The summed E-state index contributed by atoms with van der Waals surface area (Å²) in [7, 11) is 4.96. The number of anilines is 1. The van der Waals surface area contributed by atoms with Crippen LogP contribution in [-0.4, -0.2) is 60.6 Å². The molecule has 1 atom stereocenters. The Morgan fingerprint density at radius 3 is 2.57 bits per heavy atom. The highest BCUT2D eigenvalue weighted by Crippen LogP contribution is 2.20. The van der Waals surface area contributed by atoms with Crippen LogP contribution in [0.5, 0.6) is 0 Å². The Bertz CT molecular complexity index is 473. The number of carbonyl (C=O) groups is 1. The van der Waals surface area contributed by atoms with Crippen molar-refractivity contribution in [2.75, 3.05) is 39.7 Å². The molecule has 0 aromatic carbocycles. The Kier molecular flexibility index (Phi) is 6.64. The number of carbonyl (C=O) groups excluding carboxylic acids is 1. The molecule has 7 nitrogen and oxygen atoms in total. The fraction of sp³-hybridized carbons (Fsp3) is 0.714. The Hall–Kier alpha value is -1.60. The van der Waals surface area contributed by atoms with Crippen LogP contribution in [-0.2, 0) is 22.9 Å². The second-order valence-electron chi connectivity index (χ2n) is 4.98. The number of hydrogen-bond acceptors (Lipinski definition) is 5. The van der Waals surface area contributed by atoms with Crippen molar-refractivity contribution in [3.05, 3.63) is 11.4 Å². The van der Waals surface area contributed by atoms with E-state index in [1.807, 2.05) is 13.8 Å². The molecule has 1 amide bonds. The van der Waals surface area contributed by atoms with Crippen molar-refractivity contribution >= 4 is 11.6 Å². The molecule has 21 heavy (non-hydrogen) atoms. The van der Waals surface area contributed by atoms with Crippen molar-refractivity contribution in [1.29, 1.82) is 0 Å². The average Bonchev–Trinajstić information content (AvgIpc) is 2.73. The number of amides is 1. The van der Waals surface area contributed by atoms with Gasteiger partial charge in [0.2, 0.25) is 0 Å². The maximum Gasteiger partial charge on any atom is 0.274 e. The number of nitrogen functional groups attached to an aromatic ring is 1. The third kappa shape index (κ3) is 3.95. The quantitative estimate of drug-likeness (QED) is 0.763. The minimum absolute atomic E-state index is 0.0722. The smallest absolute Gasteiger partial charge is 0.274 e. The highest BCUT2D eigenvalue weighted by atomic mass is 16.5. The van der Waals surface area contributed by atoms with Gasteiger partial charge >= 0.3 is 0 Å². The van der Waals surface area contributed by atoms with Gasteiger partial charge in [-0.05, 0) is 13.3 Å². The lowest BCUT2D eigenvalue weighted by Gasteiger charge is -2.28. The molecule has 0 saturated carbocycles. The summed E-state index contributed by atoms with van der Waals surface area (Å²) in [6, 6.07) is -0.0722. The lowest BCUT2D eigenvalue weighted by molar-refractivity contribution is 0.0471. The molecular formula is C14H26N4O3. The first kappa shape index (κ1) is 17.5. The lowest BCUT2D eigenvalue weighted by Crippen LogP contribution is -2.43. The van der Waals surface area contributed by atoms with Gasteiger partial charge in [0.25, 0.3) is 5.91 Å². The van der Waals surface area contributed by atoms with E-state index in [-0.39, 0.29) is 11.9 Å². The molecule has 0 aliphatic heterocycles. The first-order chi connectivity index (χ1) is 9.97. The van der Waals surface area contributed by atoms with Crippen LogP contribution in [0.3, 0.4) is 0 Å². The Balaban J connectivity index is 3.07. The lowest BCUT2D eigenvalue weighted by atomic mass is 10.2. The summed E-state index contributed by atoms with van der Waals surface area (Å²) in [6.07, 6.45) is 0.693. The van der Waals surface area contributed by atoms with E-state index in [1.54, 1.807) is 30.8 Å². The van der Waals surface area contributed by atoms with Gasteiger partial charge in [0, 0.05) is 27.8 Å². The van der Waals surface area contributed by atoms with E-state index >= 15 is 0 Å². The molecular weight excluding hydrogens is 272 g/mol. The van der Waals surface area contributed by atoms with Gasteiger partial charge in [-0.3, -0.25) is 9.48 Å². The van der Waals surface area contributed by atoms with E-state index in [9.17, 15) is 4.79 Å². The fourth-order valence-electron chi connectivity index (χ4n) is 2.29. The number of hydrogen-bond donors (Lipinski definition) is 1. The summed E-state index contributed by atoms with van der Waals surface area (Å²) in [6.45, 7) is 5.28. The molecule has 1 heterocycles. The van der Waals surface area contributed by atoms with E-state index in [2.05, 4.69) is 5.10 Å². The summed E-state index contributed by atoms with van der Waals surface area (Å²) in [5, 5.41) is 4.30. The highest BCUT2D eigenvalue weighted by Gasteiger charge is 2.27. The van der Waals surface area contributed by atoms with Crippen LogP contribution in [0.15, 0.2) is 0 Å². The number of aryl methyl sites for hydroxylation is 2. The van der Waals surface area contributed by atoms with Crippen LogP contribution >= 0.6 is 0 Å². The van der Waals surface area contributed by atoms with Crippen molar-refractivity contribution in [2.45, 2.75) is 26.3 Å². The molecule has 1 rings (SSSR count). The van der Waals surface area contributed by atoms with Gasteiger partial charge < -0.3 is 20.1 Å². The summed E-state index contributed by atoms with van der Waals surface area (Å²) in [4.78, 5) is 14.5. The molecule has 1 unspecified atom stereocenters. The molecule has 0 fully saturated rings. The first-order valence-electron chi connectivity index (χ1n) is 7.08. The molecule has 0 spiro atoms. The largest absolute Gasteiger partial charge is 0.395 e. The molecule has 0 bridgehead atoms. The average molecular weight is 298 g/mol. The maximum absolute atomic E-state index is 12.8. The molecule has 0 aliphatic rings.